The third-order valence-corrected chi connectivity index (χ3v) is 14.1. The number of carbonyl (C=O) groups excluding carboxylic acids is 3. The highest BCUT2D eigenvalue weighted by atomic mass is 32.2. The number of nitrogens with two attached hydrogens (primary N) is 1. The number of primary amides is 1. The zero-order valence-corrected chi connectivity index (χ0v) is 43.7. The zero-order chi connectivity index (χ0) is 55.4. The van der Waals surface area contributed by atoms with Crippen molar-refractivity contribution < 1.29 is 91.9 Å². The van der Waals surface area contributed by atoms with Crippen molar-refractivity contribution in [2.45, 2.75) is 133 Å². The first-order chi connectivity index (χ1) is 33.7. The minimum absolute atomic E-state index is 0. The lowest BCUT2D eigenvalue weighted by molar-refractivity contribution is -0.192. The first-order valence-electron chi connectivity index (χ1n) is 22.7. The molecule has 21 nitrogen and oxygen atoms in total. The Morgan fingerprint density at radius 1 is 0.649 bits per heavy atom. The molecular formula is C46H67F5N6O15S2. The van der Waals surface area contributed by atoms with E-state index in [2.05, 4.69) is 9.97 Å². The van der Waals surface area contributed by atoms with E-state index < -0.39 is 61.3 Å². The lowest BCUT2D eigenvalue weighted by atomic mass is 9.94. The number of carbonyl (C=O) groups is 5. The number of carboxylic acids is 2. The van der Waals surface area contributed by atoms with E-state index in [1.165, 1.54) is 45.3 Å². The maximum atomic E-state index is 13.1. The Balaban J connectivity index is 0.000000647. The molecule has 0 unspecified atom stereocenters. The summed E-state index contributed by atoms with van der Waals surface area (Å²) in [6.07, 6.45) is 0.708. The standard InChI is InChI=1S/C22H32FN3O6S.C22H31FN2O7S.C2HF3O2.H3N/c1-22(2,3)32-21(28)7-4-17(13-23)15-31-20-6-5-18(14-25-20)33(29,30)26-10-8-16(9-11-26)12-19(24)27;1-22(2,3)32-21(28)7-4-17(13-23)15-31-19-6-5-18(14-24-19)33(29,30)25-10-8-16(9-11-25)12-20(26)27;3-2(4,5)1(6)7;/h5-6,13-14,16H,4,7-12,15H2,1-3H3,(H2,24,27);5-6,13-14,16H,4,7-12,15H2,1-3H3,(H,26,27);(H,6,7);1H3. The van der Waals surface area contributed by atoms with Crippen molar-refractivity contribution in [2.24, 2.45) is 17.6 Å². The van der Waals surface area contributed by atoms with Gasteiger partial charge < -0.3 is 41.0 Å². The van der Waals surface area contributed by atoms with Gasteiger partial charge in [0.05, 0.1) is 25.1 Å². The molecule has 2 aliphatic heterocycles. The molecule has 0 aromatic carbocycles. The predicted octanol–water partition coefficient (Wildman–Crippen LogP) is 6.82. The quantitative estimate of drug-likeness (QED) is 0.0780. The molecule has 2 aliphatic rings. The number of halogens is 5. The van der Waals surface area contributed by atoms with Gasteiger partial charge in [0.1, 0.15) is 34.2 Å². The van der Waals surface area contributed by atoms with Crippen molar-refractivity contribution in [3.8, 4) is 11.8 Å². The molecule has 0 spiro atoms. The van der Waals surface area contributed by atoms with Crippen LogP contribution in [0.4, 0.5) is 22.0 Å². The summed E-state index contributed by atoms with van der Waals surface area (Å²) in [6.45, 7) is 11.3. The molecule has 0 bridgehead atoms. The van der Waals surface area contributed by atoms with Crippen LogP contribution in [0.3, 0.4) is 0 Å². The van der Waals surface area contributed by atoms with Gasteiger partial charge in [-0.3, -0.25) is 19.2 Å². The van der Waals surface area contributed by atoms with Gasteiger partial charge >= 0.3 is 30.1 Å². The molecule has 2 fully saturated rings. The van der Waals surface area contributed by atoms with Crippen molar-refractivity contribution in [2.75, 3.05) is 39.4 Å². The Hall–Kier alpha value is -5.84. The molecule has 2 aromatic rings. The van der Waals surface area contributed by atoms with Crippen molar-refractivity contribution in [3.05, 3.63) is 60.5 Å². The molecule has 2 aromatic heterocycles. The molecular weight excluding hydrogens is 1040 g/mol. The summed E-state index contributed by atoms with van der Waals surface area (Å²) in [6, 6.07) is 5.53. The third-order valence-electron chi connectivity index (χ3n) is 10.3. The van der Waals surface area contributed by atoms with Crippen LogP contribution in [-0.4, -0.2) is 132 Å². The highest BCUT2D eigenvalue weighted by Gasteiger charge is 2.38. The van der Waals surface area contributed by atoms with Crippen LogP contribution in [0.5, 0.6) is 11.8 Å². The summed E-state index contributed by atoms with van der Waals surface area (Å²) < 4.78 is 133. The number of hydrogen-bond acceptors (Lipinski definition) is 16. The van der Waals surface area contributed by atoms with Crippen LogP contribution in [-0.2, 0) is 53.5 Å². The van der Waals surface area contributed by atoms with Crippen LogP contribution in [0.25, 0.3) is 0 Å². The predicted molar refractivity (Wildman–Crippen MR) is 256 cm³/mol. The number of piperidine rings is 2. The maximum Gasteiger partial charge on any atom is 0.490 e. The minimum atomic E-state index is -5.08. The number of ether oxygens (including phenoxy) is 4. The Bertz CT molecular complexity index is 2280. The third kappa shape index (κ3) is 24.9. The van der Waals surface area contributed by atoms with Gasteiger partial charge in [-0.15, -0.1) is 0 Å². The number of alkyl halides is 3. The summed E-state index contributed by atoms with van der Waals surface area (Å²) in [5, 5.41) is 16.0. The summed E-state index contributed by atoms with van der Waals surface area (Å²) in [7, 11) is -7.48. The molecule has 0 aliphatic carbocycles. The van der Waals surface area contributed by atoms with Crippen LogP contribution in [0.15, 0.2) is 70.3 Å². The van der Waals surface area contributed by atoms with E-state index in [1.54, 1.807) is 41.5 Å². The second-order valence-electron chi connectivity index (χ2n) is 18.7. The monoisotopic (exact) mass is 1100 g/mol. The summed E-state index contributed by atoms with van der Waals surface area (Å²) >= 11 is 0. The smallest absolute Gasteiger partial charge is 0.481 e. The van der Waals surface area contributed by atoms with Gasteiger partial charge in [-0.05, 0) is 115 Å². The highest BCUT2D eigenvalue weighted by Crippen LogP contribution is 2.28. The molecule has 0 radical (unpaired) electrons. The number of hydrogen-bond donors (Lipinski definition) is 4. The van der Waals surface area contributed by atoms with E-state index in [-0.39, 0.29) is 121 Å². The Morgan fingerprint density at radius 2 is 0.986 bits per heavy atom. The number of esters is 2. The first kappa shape index (κ1) is 66.2. The van der Waals surface area contributed by atoms with Gasteiger partial charge in [0.25, 0.3) is 0 Å². The number of aromatic nitrogens is 2. The molecule has 1 amide bonds. The zero-order valence-electron chi connectivity index (χ0n) is 42.1. The van der Waals surface area contributed by atoms with Crippen molar-refractivity contribution in [1.82, 2.24) is 24.7 Å². The summed E-state index contributed by atoms with van der Waals surface area (Å²) in [5.74, 6) is -4.59. The number of rotatable bonds is 20. The van der Waals surface area contributed by atoms with Crippen LogP contribution in [0, 0.1) is 11.8 Å². The van der Waals surface area contributed by atoms with Gasteiger partial charge in [-0.2, -0.15) is 21.8 Å². The van der Waals surface area contributed by atoms with E-state index in [9.17, 15) is 58.0 Å². The second-order valence-corrected chi connectivity index (χ2v) is 22.6. The van der Waals surface area contributed by atoms with Gasteiger partial charge in [-0.1, -0.05) is 0 Å². The number of carboxylic acid groups (broad SMARTS) is 2. The fraction of sp³-hybridized carbons (Fsp3) is 0.587. The van der Waals surface area contributed by atoms with E-state index in [1.807, 2.05) is 0 Å². The van der Waals surface area contributed by atoms with Crippen LogP contribution in [0.1, 0.15) is 106 Å². The number of sulfonamides is 2. The van der Waals surface area contributed by atoms with Gasteiger partial charge in [0.15, 0.2) is 0 Å². The number of aliphatic carboxylic acids is 2. The first-order valence-corrected chi connectivity index (χ1v) is 25.6. The number of nitrogens with zero attached hydrogens (tertiary/aromatic N) is 4. The Labute approximate surface area is 427 Å². The molecule has 418 valence electrons. The van der Waals surface area contributed by atoms with Gasteiger partial charge in [0.2, 0.25) is 37.7 Å². The average Bonchev–Trinajstić information content (AvgIpc) is 3.28. The van der Waals surface area contributed by atoms with Crippen molar-refractivity contribution in [3.63, 3.8) is 0 Å². The lowest BCUT2D eigenvalue weighted by Crippen LogP contribution is -2.39. The van der Waals surface area contributed by atoms with E-state index in [0.717, 1.165) is 0 Å². The molecule has 2 saturated heterocycles. The van der Waals surface area contributed by atoms with Crippen LogP contribution < -0.4 is 21.4 Å². The van der Waals surface area contributed by atoms with Gasteiger partial charge in [0, 0.05) is 64.0 Å². The Kier molecular flexibility index (Phi) is 26.7. The number of pyridine rings is 2. The fourth-order valence-electron chi connectivity index (χ4n) is 6.71. The van der Waals surface area contributed by atoms with Crippen LogP contribution >= 0.6 is 0 Å². The maximum absolute atomic E-state index is 13.1. The van der Waals surface area contributed by atoms with Crippen LogP contribution in [0.2, 0.25) is 0 Å². The van der Waals surface area contributed by atoms with E-state index in [4.69, 9.17) is 39.7 Å². The van der Waals surface area contributed by atoms with Gasteiger partial charge in [-0.25, -0.2) is 40.4 Å². The molecule has 4 heterocycles. The van der Waals surface area contributed by atoms with Crippen molar-refractivity contribution in [1.29, 1.82) is 0 Å². The van der Waals surface area contributed by atoms with E-state index >= 15 is 0 Å². The summed E-state index contributed by atoms with van der Waals surface area (Å²) in [4.78, 5) is 62.4. The molecule has 7 N–H and O–H groups in total. The normalized spacial score (nSPS) is 15.7. The summed E-state index contributed by atoms with van der Waals surface area (Å²) in [5.41, 5.74) is 4.48. The van der Waals surface area contributed by atoms with E-state index in [0.29, 0.717) is 51.4 Å². The molecule has 28 heteroatoms. The molecule has 0 saturated carbocycles. The van der Waals surface area contributed by atoms with Crippen molar-refractivity contribution >= 4 is 49.8 Å². The molecule has 0 atom stereocenters. The molecule has 4 rings (SSSR count). The average molecular weight is 1100 g/mol. The Morgan fingerprint density at radius 3 is 1.24 bits per heavy atom. The SMILES string of the molecule is CC(C)(C)OC(=O)CCC(=CF)COc1ccc(S(=O)(=O)N2CCC(CC(=O)O)CC2)cn1.CC(C)(C)OC(=O)CCC(=CF)COc1ccc(S(=O)(=O)N2CCC(CC(N)=O)CC2)cn1.N.O=C(O)C(F)(F)F. The minimum Gasteiger partial charge on any atom is -0.481 e. The highest BCUT2D eigenvalue weighted by molar-refractivity contribution is 7.89. The molecule has 74 heavy (non-hydrogen) atoms. The lowest BCUT2D eigenvalue weighted by Gasteiger charge is -2.30. The fourth-order valence-corrected chi connectivity index (χ4v) is 9.54. The second kappa shape index (κ2) is 29.9. The number of amides is 1. The topological polar surface area (TPSA) is 324 Å². The largest absolute Gasteiger partial charge is 0.490 e.